The number of aryl methyl sites for hydroxylation is 1. The molecule has 1 rings (SSSR count). The topological polar surface area (TPSA) is 52.0 Å². The molecule has 0 radical (unpaired) electrons. The minimum absolute atomic E-state index is 0.204. The number of rotatable bonds is 2. The quantitative estimate of drug-likeness (QED) is 0.635. The van der Waals surface area contributed by atoms with Gasteiger partial charge in [-0.1, -0.05) is 0 Å². The lowest BCUT2D eigenvalue weighted by atomic mass is 10.4. The van der Waals surface area contributed by atoms with E-state index in [0.717, 1.165) is 5.76 Å². The highest BCUT2D eigenvalue weighted by atomic mass is 35.5. The van der Waals surface area contributed by atoms with Crippen molar-refractivity contribution in [3.05, 3.63) is 12.0 Å². The highest BCUT2D eigenvalue weighted by molar-refractivity contribution is 6.17. The number of anilines is 1. The third kappa shape index (κ3) is 1.61. The Balaban J connectivity index is 2.61. The van der Waals surface area contributed by atoms with Crippen LogP contribution >= 0.6 is 11.6 Å². The van der Waals surface area contributed by atoms with Gasteiger partial charge in [0, 0.05) is 12.3 Å². The Hall–Kier alpha value is -0.700. The molecule has 0 aromatic carbocycles. The summed E-state index contributed by atoms with van der Waals surface area (Å²) >= 11 is 5.42. The van der Waals surface area contributed by atoms with Gasteiger partial charge in [-0.15, -0.1) is 11.6 Å². The molecule has 0 saturated heterocycles. The zero-order valence-corrected chi connectivity index (χ0v) is 5.56. The standard InChI is InChI=1S/C5H7ClN2O/c6-2-1-4-3-8-5(7)9-4/h3H,1-2H2,(H2,7,8). The highest BCUT2D eigenvalue weighted by Crippen LogP contribution is 2.05. The molecule has 0 unspecified atom stereocenters. The maximum atomic E-state index is 5.42. The van der Waals surface area contributed by atoms with Crippen molar-refractivity contribution in [3.63, 3.8) is 0 Å². The molecule has 0 bridgehead atoms. The number of alkyl halides is 1. The molecule has 0 amide bonds. The van der Waals surface area contributed by atoms with E-state index in [2.05, 4.69) is 4.98 Å². The first kappa shape index (κ1) is 6.42. The molecule has 2 N–H and O–H groups in total. The van der Waals surface area contributed by atoms with Crippen molar-refractivity contribution in [2.75, 3.05) is 11.6 Å². The summed E-state index contributed by atoms with van der Waals surface area (Å²) in [4.78, 5) is 3.69. The maximum Gasteiger partial charge on any atom is 0.292 e. The molecule has 1 heterocycles. The van der Waals surface area contributed by atoms with E-state index in [-0.39, 0.29) is 6.01 Å². The number of hydrogen-bond donors (Lipinski definition) is 1. The average molecular weight is 147 g/mol. The molecule has 0 aliphatic rings. The van der Waals surface area contributed by atoms with Crippen LogP contribution in [0.3, 0.4) is 0 Å². The average Bonchev–Trinajstić information content (AvgIpc) is 2.17. The van der Waals surface area contributed by atoms with Gasteiger partial charge in [-0.3, -0.25) is 0 Å². The molecular formula is C5H7ClN2O. The molecule has 9 heavy (non-hydrogen) atoms. The van der Waals surface area contributed by atoms with Crippen molar-refractivity contribution >= 4 is 17.6 Å². The van der Waals surface area contributed by atoms with E-state index in [9.17, 15) is 0 Å². The summed E-state index contributed by atoms with van der Waals surface area (Å²) in [5.74, 6) is 1.27. The van der Waals surface area contributed by atoms with Crippen LogP contribution in [0.4, 0.5) is 6.01 Å². The molecule has 0 aliphatic heterocycles. The number of halogens is 1. The van der Waals surface area contributed by atoms with Gasteiger partial charge in [-0.25, -0.2) is 4.98 Å². The van der Waals surface area contributed by atoms with Crippen LogP contribution < -0.4 is 5.73 Å². The third-order valence-corrected chi connectivity index (χ3v) is 1.10. The van der Waals surface area contributed by atoms with Crippen LogP contribution in [0, 0.1) is 0 Å². The van der Waals surface area contributed by atoms with Crippen LogP contribution in [-0.2, 0) is 6.42 Å². The smallest absolute Gasteiger partial charge is 0.292 e. The first-order valence-corrected chi connectivity index (χ1v) is 3.12. The SMILES string of the molecule is Nc1ncc(CCCl)o1. The number of nitrogens with zero attached hydrogens (tertiary/aromatic N) is 1. The Kier molecular flexibility index (Phi) is 1.95. The van der Waals surface area contributed by atoms with Crippen molar-refractivity contribution in [2.24, 2.45) is 0 Å². The molecule has 0 atom stereocenters. The number of aromatic nitrogens is 1. The predicted molar refractivity (Wildman–Crippen MR) is 35.3 cm³/mol. The summed E-state index contributed by atoms with van der Waals surface area (Å²) < 4.78 is 4.91. The zero-order valence-electron chi connectivity index (χ0n) is 4.80. The van der Waals surface area contributed by atoms with Crippen LogP contribution in [0.15, 0.2) is 10.6 Å². The summed E-state index contributed by atoms with van der Waals surface area (Å²) in [6.07, 6.45) is 2.27. The van der Waals surface area contributed by atoms with E-state index in [0.29, 0.717) is 12.3 Å². The number of hydrogen-bond acceptors (Lipinski definition) is 3. The van der Waals surface area contributed by atoms with Crippen LogP contribution in [0.25, 0.3) is 0 Å². The fourth-order valence-electron chi connectivity index (χ4n) is 0.531. The molecule has 1 aromatic heterocycles. The summed E-state index contributed by atoms with van der Waals surface area (Å²) in [5.41, 5.74) is 5.19. The normalized spacial score (nSPS) is 9.89. The molecule has 0 spiro atoms. The Bertz CT molecular complexity index is 187. The number of nitrogens with two attached hydrogens (primary N) is 1. The number of oxazole rings is 1. The van der Waals surface area contributed by atoms with Crippen molar-refractivity contribution in [1.29, 1.82) is 0 Å². The summed E-state index contributed by atoms with van der Waals surface area (Å²) in [7, 11) is 0. The summed E-state index contributed by atoms with van der Waals surface area (Å²) in [6, 6.07) is 0.204. The minimum atomic E-state index is 0.204. The summed E-state index contributed by atoms with van der Waals surface area (Å²) in [5, 5.41) is 0. The van der Waals surface area contributed by atoms with Gasteiger partial charge in [-0.05, 0) is 0 Å². The van der Waals surface area contributed by atoms with E-state index in [1.165, 1.54) is 0 Å². The second-order valence-corrected chi connectivity index (χ2v) is 1.98. The zero-order chi connectivity index (χ0) is 6.69. The monoisotopic (exact) mass is 146 g/mol. The Labute approximate surface area is 57.8 Å². The highest BCUT2D eigenvalue weighted by Gasteiger charge is 1.96. The largest absolute Gasteiger partial charge is 0.429 e. The Morgan fingerprint density at radius 1 is 1.78 bits per heavy atom. The van der Waals surface area contributed by atoms with Gasteiger partial charge >= 0.3 is 0 Å². The fraction of sp³-hybridized carbons (Fsp3) is 0.400. The molecular weight excluding hydrogens is 140 g/mol. The predicted octanol–water partition coefficient (Wildman–Crippen LogP) is 1.04. The van der Waals surface area contributed by atoms with Crippen LogP contribution in [0.1, 0.15) is 5.76 Å². The molecule has 50 valence electrons. The minimum Gasteiger partial charge on any atom is -0.429 e. The van der Waals surface area contributed by atoms with Crippen LogP contribution in [0.2, 0.25) is 0 Å². The molecule has 1 aromatic rings. The van der Waals surface area contributed by atoms with E-state index < -0.39 is 0 Å². The van der Waals surface area contributed by atoms with E-state index in [1.54, 1.807) is 6.20 Å². The van der Waals surface area contributed by atoms with Crippen molar-refractivity contribution < 1.29 is 4.42 Å². The lowest BCUT2D eigenvalue weighted by Gasteiger charge is -1.84. The molecule has 3 nitrogen and oxygen atoms in total. The van der Waals surface area contributed by atoms with Crippen LogP contribution in [0.5, 0.6) is 0 Å². The molecule has 4 heteroatoms. The van der Waals surface area contributed by atoms with Gasteiger partial charge in [0.15, 0.2) is 0 Å². The Morgan fingerprint density at radius 2 is 2.56 bits per heavy atom. The molecule has 0 fully saturated rings. The maximum absolute atomic E-state index is 5.42. The first-order chi connectivity index (χ1) is 4.33. The van der Waals surface area contributed by atoms with Gasteiger partial charge in [0.2, 0.25) is 0 Å². The lowest BCUT2D eigenvalue weighted by molar-refractivity contribution is 0.530. The fourth-order valence-corrected chi connectivity index (χ4v) is 0.718. The number of nitrogen functional groups attached to an aromatic ring is 1. The van der Waals surface area contributed by atoms with Crippen molar-refractivity contribution in [2.45, 2.75) is 6.42 Å². The molecule has 0 aliphatic carbocycles. The van der Waals surface area contributed by atoms with Gasteiger partial charge in [0.25, 0.3) is 6.01 Å². The second kappa shape index (κ2) is 2.73. The van der Waals surface area contributed by atoms with Crippen molar-refractivity contribution in [1.82, 2.24) is 4.98 Å². The lowest BCUT2D eigenvalue weighted by Crippen LogP contribution is -1.81. The van der Waals surface area contributed by atoms with E-state index >= 15 is 0 Å². The van der Waals surface area contributed by atoms with Gasteiger partial charge in [0.1, 0.15) is 5.76 Å². The molecule has 0 saturated carbocycles. The first-order valence-electron chi connectivity index (χ1n) is 2.59. The second-order valence-electron chi connectivity index (χ2n) is 1.60. The summed E-state index contributed by atoms with van der Waals surface area (Å²) in [6.45, 7) is 0. The van der Waals surface area contributed by atoms with Gasteiger partial charge in [0.05, 0.1) is 6.20 Å². The van der Waals surface area contributed by atoms with Gasteiger partial charge < -0.3 is 10.2 Å². The van der Waals surface area contributed by atoms with E-state index in [1.807, 2.05) is 0 Å². The van der Waals surface area contributed by atoms with Crippen LogP contribution in [-0.4, -0.2) is 10.9 Å². The third-order valence-electron chi connectivity index (χ3n) is 0.912. The van der Waals surface area contributed by atoms with E-state index in [4.69, 9.17) is 21.8 Å². The van der Waals surface area contributed by atoms with Gasteiger partial charge in [-0.2, -0.15) is 0 Å². The Morgan fingerprint density at radius 3 is 3.00 bits per heavy atom. The van der Waals surface area contributed by atoms with Crippen molar-refractivity contribution in [3.8, 4) is 0 Å².